The monoisotopic (exact) mass is 251 g/mol. The van der Waals surface area contributed by atoms with E-state index in [1.165, 1.54) is 6.08 Å². The number of hydrogen-bond acceptors (Lipinski definition) is 4. The predicted molar refractivity (Wildman–Crippen MR) is 67.5 cm³/mol. The summed E-state index contributed by atoms with van der Waals surface area (Å²) in [5.74, 6) is -0.327. The first-order valence-electron chi connectivity index (χ1n) is 5.80. The Hall–Kier alpha value is -1.88. The van der Waals surface area contributed by atoms with Crippen molar-refractivity contribution in [1.82, 2.24) is 4.98 Å². The van der Waals surface area contributed by atoms with Gasteiger partial charge in [-0.15, -0.1) is 0 Å². The SMILES string of the molecule is CCOCCCOc1ccc(C=CC(=O)O)nc1. The summed E-state index contributed by atoms with van der Waals surface area (Å²) < 4.78 is 10.6. The van der Waals surface area contributed by atoms with Gasteiger partial charge in [-0.1, -0.05) is 0 Å². The molecule has 0 spiro atoms. The van der Waals surface area contributed by atoms with Crippen LogP contribution in [0.15, 0.2) is 24.4 Å². The Balaban J connectivity index is 2.34. The quantitative estimate of drug-likeness (QED) is 0.565. The van der Waals surface area contributed by atoms with E-state index in [-0.39, 0.29) is 0 Å². The van der Waals surface area contributed by atoms with E-state index in [0.717, 1.165) is 12.5 Å². The van der Waals surface area contributed by atoms with Crippen molar-refractivity contribution >= 4 is 12.0 Å². The third kappa shape index (κ3) is 6.00. The molecule has 0 saturated carbocycles. The summed E-state index contributed by atoms with van der Waals surface area (Å²) in [6.07, 6.45) is 4.88. The summed E-state index contributed by atoms with van der Waals surface area (Å²) >= 11 is 0. The maximum absolute atomic E-state index is 10.3. The maximum atomic E-state index is 10.3. The first-order chi connectivity index (χ1) is 8.72. The zero-order chi connectivity index (χ0) is 13.2. The largest absolute Gasteiger partial charge is 0.492 e. The van der Waals surface area contributed by atoms with E-state index >= 15 is 0 Å². The van der Waals surface area contributed by atoms with Crippen molar-refractivity contribution in [1.29, 1.82) is 0 Å². The maximum Gasteiger partial charge on any atom is 0.328 e. The Labute approximate surface area is 106 Å². The molecule has 0 radical (unpaired) electrons. The second kappa shape index (κ2) is 8.25. The van der Waals surface area contributed by atoms with Crippen LogP contribution in [0.2, 0.25) is 0 Å². The normalized spacial score (nSPS) is 10.7. The van der Waals surface area contributed by atoms with Crippen LogP contribution in [0, 0.1) is 0 Å². The van der Waals surface area contributed by atoms with Gasteiger partial charge < -0.3 is 14.6 Å². The number of carbonyl (C=O) groups is 1. The van der Waals surface area contributed by atoms with Gasteiger partial charge in [0, 0.05) is 25.7 Å². The highest BCUT2D eigenvalue weighted by Crippen LogP contribution is 2.10. The van der Waals surface area contributed by atoms with Crippen molar-refractivity contribution in [3.05, 3.63) is 30.1 Å². The number of hydrogen-bond donors (Lipinski definition) is 1. The Kier molecular flexibility index (Phi) is 6.50. The van der Waals surface area contributed by atoms with E-state index < -0.39 is 5.97 Å². The second-order valence-electron chi connectivity index (χ2n) is 3.49. The standard InChI is InChI=1S/C13H17NO4/c1-2-17-8-3-9-18-12-6-4-11(14-10-12)5-7-13(15)16/h4-7,10H,2-3,8-9H2,1H3,(H,15,16). The van der Waals surface area contributed by atoms with Gasteiger partial charge in [0.15, 0.2) is 0 Å². The summed E-state index contributed by atoms with van der Waals surface area (Å²) in [5.41, 5.74) is 0.582. The molecule has 0 amide bonds. The third-order valence-corrected chi connectivity index (χ3v) is 2.06. The number of nitrogens with zero attached hydrogens (tertiary/aromatic N) is 1. The lowest BCUT2D eigenvalue weighted by atomic mass is 10.3. The lowest BCUT2D eigenvalue weighted by Crippen LogP contribution is -2.03. The molecule has 0 fully saturated rings. The Bertz CT molecular complexity index is 386. The Morgan fingerprint density at radius 1 is 1.44 bits per heavy atom. The molecule has 1 N–H and O–H groups in total. The zero-order valence-corrected chi connectivity index (χ0v) is 10.3. The van der Waals surface area contributed by atoms with Crippen LogP contribution >= 0.6 is 0 Å². The highest BCUT2D eigenvalue weighted by Gasteiger charge is 1.96. The summed E-state index contributed by atoms with van der Waals surface area (Å²) in [7, 11) is 0. The molecule has 0 aliphatic rings. The van der Waals surface area contributed by atoms with Crippen molar-refractivity contribution in [3.8, 4) is 5.75 Å². The number of ether oxygens (including phenoxy) is 2. The molecule has 98 valence electrons. The van der Waals surface area contributed by atoms with Gasteiger partial charge in [0.05, 0.1) is 18.5 Å². The van der Waals surface area contributed by atoms with Crippen molar-refractivity contribution in [2.24, 2.45) is 0 Å². The molecule has 0 aromatic carbocycles. The summed E-state index contributed by atoms with van der Waals surface area (Å²) in [6, 6.07) is 3.46. The second-order valence-corrected chi connectivity index (χ2v) is 3.49. The van der Waals surface area contributed by atoms with E-state index in [2.05, 4.69) is 4.98 Å². The van der Waals surface area contributed by atoms with E-state index in [1.54, 1.807) is 18.3 Å². The van der Waals surface area contributed by atoms with Crippen molar-refractivity contribution < 1.29 is 19.4 Å². The van der Waals surface area contributed by atoms with Crippen molar-refractivity contribution in [2.75, 3.05) is 19.8 Å². The fourth-order valence-electron chi connectivity index (χ4n) is 1.23. The molecule has 1 heterocycles. The summed E-state index contributed by atoms with van der Waals surface area (Å²) in [6.45, 7) is 3.93. The summed E-state index contributed by atoms with van der Waals surface area (Å²) in [5, 5.41) is 8.47. The molecular formula is C13H17NO4. The van der Waals surface area contributed by atoms with E-state index in [4.69, 9.17) is 14.6 Å². The Morgan fingerprint density at radius 3 is 2.89 bits per heavy atom. The topological polar surface area (TPSA) is 68.7 Å². The van der Waals surface area contributed by atoms with Crippen LogP contribution in [0.25, 0.3) is 6.08 Å². The molecule has 0 bridgehead atoms. The third-order valence-electron chi connectivity index (χ3n) is 2.06. The highest BCUT2D eigenvalue weighted by molar-refractivity contribution is 5.84. The van der Waals surface area contributed by atoms with E-state index in [9.17, 15) is 4.79 Å². The molecule has 0 saturated heterocycles. The number of pyridine rings is 1. The van der Waals surface area contributed by atoms with Gasteiger partial charge in [-0.3, -0.25) is 4.98 Å². The average molecular weight is 251 g/mol. The number of aromatic nitrogens is 1. The smallest absolute Gasteiger partial charge is 0.328 e. The van der Waals surface area contributed by atoms with Gasteiger partial charge in [0.25, 0.3) is 0 Å². The van der Waals surface area contributed by atoms with Gasteiger partial charge in [-0.2, -0.15) is 0 Å². The molecule has 18 heavy (non-hydrogen) atoms. The van der Waals surface area contributed by atoms with Crippen molar-refractivity contribution in [3.63, 3.8) is 0 Å². The lowest BCUT2D eigenvalue weighted by Gasteiger charge is -2.05. The number of rotatable bonds is 8. The molecule has 1 aromatic rings. The average Bonchev–Trinajstić information content (AvgIpc) is 2.37. The zero-order valence-electron chi connectivity index (χ0n) is 10.3. The summed E-state index contributed by atoms with van der Waals surface area (Å²) in [4.78, 5) is 14.4. The van der Waals surface area contributed by atoms with Crippen LogP contribution in [-0.4, -0.2) is 35.9 Å². The fraction of sp³-hybridized carbons (Fsp3) is 0.385. The van der Waals surface area contributed by atoms with Crippen LogP contribution in [0.4, 0.5) is 0 Å². The van der Waals surface area contributed by atoms with Crippen LogP contribution in [-0.2, 0) is 9.53 Å². The van der Waals surface area contributed by atoms with Gasteiger partial charge in [0.2, 0.25) is 0 Å². The van der Waals surface area contributed by atoms with E-state index in [0.29, 0.717) is 31.3 Å². The number of aliphatic carboxylic acids is 1. The molecular weight excluding hydrogens is 234 g/mol. The highest BCUT2D eigenvalue weighted by atomic mass is 16.5. The predicted octanol–water partition coefficient (Wildman–Crippen LogP) is 1.98. The lowest BCUT2D eigenvalue weighted by molar-refractivity contribution is -0.131. The minimum Gasteiger partial charge on any atom is -0.492 e. The van der Waals surface area contributed by atoms with Crippen LogP contribution < -0.4 is 4.74 Å². The van der Waals surface area contributed by atoms with Crippen LogP contribution in [0.5, 0.6) is 5.75 Å². The number of carboxylic acid groups (broad SMARTS) is 1. The van der Waals surface area contributed by atoms with Gasteiger partial charge in [-0.05, 0) is 25.1 Å². The molecule has 0 atom stereocenters. The molecule has 5 heteroatoms. The minimum absolute atomic E-state index is 0.575. The van der Waals surface area contributed by atoms with Gasteiger partial charge >= 0.3 is 5.97 Å². The fourth-order valence-corrected chi connectivity index (χ4v) is 1.23. The van der Waals surface area contributed by atoms with E-state index in [1.807, 2.05) is 6.92 Å². The molecule has 0 aliphatic carbocycles. The molecule has 0 unspecified atom stereocenters. The van der Waals surface area contributed by atoms with Gasteiger partial charge in [-0.25, -0.2) is 4.79 Å². The van der Waals surface area contributed by atoms with Gasteiger partial charge in [0.1, 0.15) is 5.75 Å². The number of carboxylic acids is 1. The molecule has 1 rings (SSSR count). The van der Waals surface area contributed by atoms with Crippen LogP contribution in [0.3, 0.4) is 0 Å². The van der Waals surface area contributed by atoms with Crippen LogP contribution in [0.1, 0.15) is 19.0 Å². The first kappa shape index (κ1) is 14.2. The molecule has 0 aliphatic heterocycles. The first-order valence-corrected chi connectivity index (χ1v) is 5.80. The molecule has 1 aromatic heterocycles. The molecule has 5 nitrogen and oxygen atoms in total. The van der Waals surface area contributed by atoms with Crippen molar-refractivity contribution in [2.45, 2.75) is 13.3 Å². The Morgan fingerprint density at radius 2 is 2.28 bits per heavy atom. The minimum atomic E-state index is -0.993.